The number of aliphatic hydroxyl groups is 1. The van der Waals surface area contributed by atoms with E-state index in [9.17, 15) is 35.9 Å². The first-order chi connectivity index (χ1) is 20.0. The first-order valence-corrected chi connectivity index (χ1v) is 14.5. The average Bonchev–Trinajstić information content (AvgIpc) is 3.27. The number of sulfone groups is 1. The molecule has 1 aromatic heterocycles. The molecule has 41 heavy (non-hydrogen) atoms. The largest absolute Gasteiger partial charge is 0.416 e. The van der Waals surface area contributed by atoms with Gasteiger partial charge in [-0.3, -0.25) is 4.79 Å². The van der Waals surface area contributed by atoms with E-state index in [1.807, 2.05) is 0 Å². The summed E-state index contributed by atoms with van der Waals surface area (Å²) in [4.78, 5) is 13.2. The molecule has 0 spiro atoms. The quantitative estimate of drug-likeness (QED) is 0.211. The second-order valence-corrected chi connectivity index (χ2v) is 11.9. The maximum atomic E-state index is 13.7. The number of fused-ring (bicyclic) bond motifs is 1. The van der Waals surface area contributed by atoms with Gasteiger partial charge in [-0.1, -0.05) is 36.7 Å². The van der Waals surface area contributed by atoms with Crippen molar-refractivity contribution in [3.05, 3.63) is 99.7 Å². The van der Waals surface area contributed by atoms with Crippen LogP contribution in [-0.4, -0.2) is 43.0 Å². The van der Waals surface area contributed by atoms with Crippen LogP contribution >= 0.6 is 11.6 Å². The van der Waals surface area contributed by atoms with E-state index in [1.54, 1.807) is 6.07 Å². The lowest BCUT2D eigenvalue weighted by Gasteiger charge is -2.17. The number of nitrogens with one attached hydrogen (secondary N) is 1. The van der Waals surface area contributed by atoms with Gasteiger partial charge in [-0.05, 0) is 59.7 Å². The van der Waals surface area contributed by atoms with Gasteiger partial charge < -0.3 is 15.0 Å². The zero-order chi connectivity index (χ0) is 31.7. The Labute approximate surface area is 242 Å². The summed E-state index contributed by atoms with van der Waals surface area (Å²) in [6.45, 7) is -2.40. The smallest absolute Gasteiger partial charge is 0.394 e. The summed E-state index contributed by atoms with van der Waals surface area (Å²) in [5, 5.41) is 13.0. The van der Waals surface area contributed by atoms with E-state index in [1.165, 1.54) is 66.1 Å². The maximum Gasteiger partial charge on any atom is 0.416 e. The number of hydrogen-bond acceptors (Lipinski definition) is 4. The number of nitrogens with zero attached hydrogens (tertiary/aromatic N) is 1. The first-order valence-electron chi connectivity index (χ1n) is 13.4. The van der Waals surface area contributed by atoms with Crippen LogP contribution in [0.1, 0.15) is 48.4 Å². The van der Waals surface area contributed by atoms with Gasteiger partial charge >= 0.3 is 6.18 Å². The van der Waals surface area contributed by atoms with E-state index in [2.05, 4.69) is 5.32 Å². The van der Waals surface area contributed by atoms with Gasteiger partial charge in [0.05, 0.1) is 38.1 Å². The Balaban J connectivity index is 1.67. The topological polar surface area (TPSA) is 88.4 Å². The minimum Gasteiger partial charge on any atom is -0.394 e. The first kappa shape index (κ1) is 27.7. The van der Waals surface area contributed by atoms with Crippen LogP contribution in [0.5, 0.6) is 0 Å². The Morgan fingerprint density at radius 2 is 1.80 bits per heavy atom. The molecule has 1 atom stereocenters. The van der Waals surface area contributed by atoms with Crippen LogP contribution in [-0.2, 0) is 29.0 Å². The third kappa shape index (κ3) is 6.74. The van der Waals surface area contributed by atoms with Crippen molar-refractivity contribution in [3.8, 4) is 0 Å². The summed E-state index contributed by atoms with van der Waals surface area (Å²) >= 11 is 5.80. The molecular weight excluding hydrogens is 584 g/mol. The number of alkyl halides is 4. The highest BCUT2D eigenvalue weighted by molar-refractivity contribution is 7.91. The third-order valence-electron chi connectivity index (χ3n) is 6.66. The van der Waals surface area contributed by atoms with Gasteiger partial charge in [0.2, 0.25) is 0 Å². The normalized spacial score (nSPS) is 14.0. The summed E-state index contributed by atoms with van der Waals surface area (Å²) in [5.41, 5.74) is -0.00123. The zero-order valence-corrected chi connectivity index (χ0v) is 23.2. The van der Waals surface area contributed by atoms with E-state index >= 15 is 0 Å². The lowest BCUT2D eigenvalue weighted by atomic mass is 10.0. The van der Waals surface area contributed by atoms with Crippen LogP contribution in [0.3, 0.4) is 0 Å². The molecule has 0 aliphatic heterocycles. The van der Waals surface area contributed by atoms with Crippen molar-refractivity contribution in [1.29, 1.82) is 0 Å². The number of aryl methyl sites for hydroxylation is 1. The fourth-order valence-corrected chi connectivity index (χ4v) is 5.62. The second-order valence-electron chi connectivity index (χ2n) is 9.23. The Morgan fingerprint density at radius 3 is 2.41 bits per heavy atom. The summed E-state index contributed by atoms with van der Waals surface area (Å²) in [7, 11) is -3.53. The summed E-state index contributed by atoms with van der Waals surface area (Å²) in [6, 6.07) is 12.8. The van der Waals surface area contributed by atoms with Gasteiger partial charge in [0.15, 0.2) is 9.84 Å². The third-order valence-corrected chi connectivity index (χ3v) is 8.65. The molecule has 0 bridgehead atoms. The molecule has 1 heterocycles. The molecule has 4 rings (SSSR count). The van der Waals surface area contributed by atoms with E-state index < -0.39 is 46.8 Å². The molecule has 0 aliphatic rings. The van der Waals surface area contributed by atoms with Gasteiger partial charge in [-0.2, -0.15) is 13.2 Å². The molecule has 218 valence electrons. The van der Waals surface area contributed by atoms with Crippen LogP contribution in [0.4, 0.5) is 17.6 Å². The van der Waals surface area contributed by atoms with Gasteiger partial charge in [0, 0.05) is 33.6 Å². The fourth-order valence-electron chi connectivity index (χ4n) is 4.57. The van der Waals surface area contributed by atoms with E-state index in [0.29, 0.717) is 16.6 Å². The van der Waals surface area contributed by atoms with Crippen LogP contribution in [0, 0.1) is 0 Å². The van der Waals surface area contributed by atoms with Crippen molar-refractivity contribution >= 4 is 38.2 Å². The van der Waals surface area contributed by atoms with Crippen LogP contribution in [0.2, 0.25) is 5.02 Å². The summed E-state index contributed by atoms with van der Waals surface area (Å²) < 4.78 is 96.0. The molecule has 6 nitrogen and oxygen atoms in total. The van der Waals surface area contributed by atoms with Crippen molar-refractivity contribution in [2.45, 2.75) is 37.0 Å². The molecule has 0 radical (unpaired) electrons. The molecule has 4 aromatic rings. The Bertz CT molecular complexity index is 1760. The number of benzene rings is 3. The number of halogens is 5. The molecule has 0 saturated heterocycles. The Kier molecular flexibility index (Phi) is 8.27. The molecule has 3 aromatic carbocycles. The standard InChI is InChI=1S/C29H27ClF4N2O4S/c1-2-41(39,40)24-8-4-18(5-9-24)26(17-37)35-28(38)20-6-10-27-21(13-20)15-23(36(27)12-11-31)14-19-3-7-22(30)16-25(19)29(32,33)34/h3-10,13,15-16,26,37H,2,11-12,14,17H2,1H3,(H,35,38)/i17D2. The molecule has 0 fully saturated rings. The van der Waals surface area contributed by atoms with Crippen molar-refractivity contribution in [2.24, 2.45) is 0 Å². The average molecular weight is 613 g/mol. The molecule has 12 heteroatoms. The predicted octanol–water partition coefficient (Wildman–Crippen LogP) is 6.13. The zero-order valence-electron chi connectivity index (χ0n) is 23.7. The Morgan fingerprint density at radius 1 is 1.10 bits per heavy atom. The predicted molar refractivity (Wildman–Crippen MR) is 149 cm³/mol. The van der Waals surface area contributed by atoms with Crippen molar-refractivity contribution in [3.63, 3.8) is 0 Å². The number of carbonyl (C=O) groups is 1. The maximum absolute atomic E-state index is 13.7. The van der Waals surface area contributed by atoms with Gasteiger partial charge in [-0.15, -0.1) is 0 Å². The minimum atomic E-state index is -4.67. The number of amides is 1. The number of rotatable bonds is 10. The molecule has 0 saturated carbocycles. The van der Waals surface area contributed by atoms with Crippen LogP contribution in [0.15, 0.2) is 71.6 Å². The minimum absolute atomic E-state index is 0.00216. The highest BCUT2D eigenvalue weighted by Crippen LogP contribution is 2.35. The highest BCUT2D eigenvalue weighted by Gasteiger charge is 2.33. The van der Waals surface area contributed by atoms with Gasteiger partial charge in [0.25, 0.3) is 5.91 Å². The fraction of sp³-hybridized carbons (Fsp3) is 0.276. The second kappa shape index (κ2) is 12.2. The molecule has 2 N–H and O–H groups in total. The van der Waals surface area contributed by atoms with E-state index in [0.717, 1.165) is 6.07 Å². The summed E-state index contributed by atoms with van der Waals surface area (Å²) in [6.07, 6.45) is -4.86. The number of hydrogen-bond donors (Lipinski definition) is 2. The SMILES string of the molecule is [2H]C([2H])(O)C(NC(=O)c1ccc2c(c1)cc(Cc1ccc(Cl)cc1C(F)(F)F)n2CCF)c1ccc(S(=O)(=O)CC)cc1. The molecule has 0 aliphatic carbocycles. The van der Waals surface area contributed by atoms with Crippen LogP contribution in [0.25, 0.3) is 10.9 Å². The monoisotopic (exact) mass is 612 g/mol. The van der Waals surface area contributed by atoms with Crippen molar-refractivity contribution < 1.29 is 38.6 Å². The Hall–Kier alpha value is -3.41. The summed E-state index contributed by atoms with van der Waals surface area (Å²) in [5.74, 6) is -0.930. The number of carbonyl (C=O) groups excluding carboxylic acids is 1. The molecular formula is C29H27ClF4N2O4S. The van der Waals surface area contributed by atoms with Crippen LogP contribution < -0.4 is 5.32 Å². The lowest BCUT2D eigenvalue weighted by molar-refractivity contribution is -0.138. The molecule has 1 unspecified atom stereocenters. The van der Waals surface area contributed by atoms with Crippen molar-refractivity contribution in [2.75, 3.05) is 19.0 Å². The van der Waals surface area contributed by atoms with Gasteiger partial charge in [0.1, 0.15) is 6.67 Å². The lowest BCUT2D eigenvalue weighted by Crippen LogP contribution is -2.30. The van der Waals surface area contributed by atoms with Crippen molar-refractivity contribution in [1.82, 2.24) is 9.88 Å². The highest BCUT2D eigenvalue weighted by atomic mass is 35.5. The van der Waals surface area contributed by atoms with E-state index in [4.69, 9.17) is 14.3 Å². The van der Waals surface area contributed by atoms with Gasteiger partial charge in [-0.25, -0.2) is 12.8 Å². The number of aromatic nitrogens is 1. The molecule has 1 amide bonds. The van der Waals surface area contributed by atoms with E-state index in [-0.39, 0.29) is 45.3 Å².